The van der Waals surface area contributed by atoms with E-state index in [1.54, 1.807) is 18.8 Å². The Balaban J connectivity index is 1.61. The summed E-state index contributed by atoms with van der Waals surface area (Å²) in [5, 5.41) is 7.99. The Kier molecular flexibility index (Phi) is 6.34. The summed E-state index contributed by atoms with van der Waals surface area (Å²) < 4.78 is 7.32. The van der Waals surface area contributed by atoms with Crippen molar-refractivity contribution in [2.45, 2.75) is 27.2 Å². The lowest BCUT2D eigenvalue weighted by atomic mass is 10.1. The van der Waals surface area contributed by atoms with E-state index in [9.17, 15) is 9.59 Å². The number of nitrogens with zero attached hydrogens (tertiary/aromatic N) is 4. The molecule has 0 aliphatic carbocycles. The predicted octanol–water partition coefficient (Wildman–Crippen LogP) is 2.62. The van der Waals surface area contributed by atoms with E-state index in [0.717, 1.165) is 34.3 Å². The Hall–Kier alpha value is -3.42. The Morgan fingerprint density at radius 3 is 2.70 bits per heavy atom. The van der Waals surface area contributed by atoms with Gasteiger partial charge in [0.25, 0.3) is 5.91 Å². The Morgan fingerprint density at radius 1 is 1.23 bits per heavy atom. The molecule has 0 fully saturated rings. The summed E-state index contributed by atoms with van der Waals surface area (Å²) in [5.74, 6) is -0.211. The first-order chi connectivity index (χ1) is 14.3. The van der Waals surface area contributed by atoms with Crippen molar-refractivity contribution in [3.63, 3.8) is 0 Å². The number of aryl methyl sites for hydroxylation is 4. The molecule has 0 bridgehead atoms. The second kappa shape index (κ2) is 8.94. The summed E-state index contributed by atoms with van der Waals surface area (Å²) in [4.78, 5) is 30.7. The standard InChI is InChI=1S/C22H27N5O3/c1-6-16-9-7-8-10-17(16)24-18(28)12-26(4)19(29)13-30-22-20-14(2)11-15(3)23-21(20)27(5)25-22/h7-11H,6,12-13H2,1-5H3,(H,24,28). The first kappa shape index (κ1) is 21.3. The fourth-order valence-electron chi connectivity index (χ4n) is 3.33. The van der Waals surface area contributed by atoms with Crippen molar-refractivity contribution in [2.24, 2.45) is 7.05 Å². The molecule has 1 aromatic carbocycles. The summed E-state index contributed by atoms with van der Waals surface area (Å²) in [6, 6.07) is 9.57. The van der Waals surface area contributed by atoms with Crippen LogP contribution in [0.2, 0.25) is 0 Å². The second-order valence-electron chi connectivity index (χ2n) is 7.31. The van der Waals surface area contributed by atoms with Crippen molar-refractivity contribution < 1.29 is 14.3 Å². The molecule has 0 radical (unpaired) electrons. The van der Waals surface area contributed by atoms with Gasteiger partial charge in [0, 0.05) is 25.5 Å². The predicted molar refractivity (Wildman–Crippen MR) is 116 cm³/mol. The molecule has 0 unspecified atom stereocenters. The largest absolute Gasteiger partial charge is 0.466 e. The lowest BCUT2D eigenvalue weighted by Gasteiger charge is -2.17. The van der Waals surface area contributed by atoms with Crippen LogP contribution in [0, 0.1) is 13.8 Å². The van der Waals surface area contributed by atoms with Crippen LogP contribution in [-0.4, -0.2) is 51.7 Å². The summed E-state index contributed by atoms with van der Waals surface area (Å²) in [6.45, 7) is 5.62. The minimum absolute atomic E-state index is 0.0665. The maximum atomic E-state index is 12.5. The molecule has 0 saturated heterocycles. The van der Waals surface area contributed by atoms with Gasteiger partial charge in [-0.15, -0.1) is 5.10 Å². The highest BCUT2D eigenvalue weighted by molar-refractivity contribution is 5.95. The number of rotatable bonds is 7. The van der Waals surface area contributed by atoms with Crippen molar-refractivity contribution in [3.8, 4) is 5.88 Å². The number of hydrogen-bond acceptors (Lipinski definition) is 5. The third-order valence-electron chi connectivity index (χ3n) is 4.90. The molecule has 2 amide bonds. The maximum absolute atomic E-state index is 12.5. The number of likely N-dealkylation sites (N-methyl/N-ethyl adjacent to an activating group) is 1. The minimum Gasteiger partial charge on any atom is -0.466 e. The number of benzene rings is 1. The van der Waals surface area contributed by atoms with Crippen molar-refractivity contribution in [3.05, 3.63) is 47.2 Å². The number of hydrogen-bond donors (Lipinski definition) is 1. The molecule has 158 valence electrons. The van der Waals surface area contributed by atoms with Gasteiger partial charge in [-0.3, -0.25) is 9.59 Å². The summed E-state index contributed by atoms with van der Waals surface area (Å²) in [5.41, 5.74) is 4.39. The Morgan fingerprint density at radius 2 is 1.97 bits per heavy atom. The van der Waals surface area contributed by atoms with E-state index in [1.807, 2.05) is 51.1 Å². The summed E-state index contributed by atoms with van der Waals surface area (Å²) in [7, 11) is 3.36. The third-order valence-corrected chi connectivity index (χ3v) is 4.90. The number of anilines is 1. The van der Waals surface area contributed by atoms with Gasteiger partial charge in [0.15, 0.2) is 12.3 Å². The molecule has 8 heteroatoms. The minimum atomic E-state index is -0.314. The monoisotopic (exact) mass is 409 g/mol. The van der Waals surface area contributed by atoms with E-state index in [-0.39, 0.29) is 25.0 Å². The van der Waals surface area contributed by atoms with Crippen molar-refractivity contribution >= 4 is 28.5 Å². The van der Waals surface area contributed by atoms with E-state index in [1.165, 1.54) is 4.90 Å². The van der Waals surface area contributed by atoms with Crippen LogP contribution in [0.1, 0.15) is 23.7 Å². The molecular weight excluding hydrogens is 382 g/mol. The van der Waals surface area contributed by atoms with Gasteiger partial charge < -0.3 is 15.0 Å². The number of carbonyl (C=O) groups is 2. The molecule has 3 aromatic rings. The fraction of sp³-hybridized carbons (Fsp3) is 0.364. The van der Waals surface area contributed by atoms with E-state index < -0.39 is 0 Å². The van der Waals surface area contributed by atoms with Crippen LogP contribution in [0.4, 0.5) is 5.69 Å². The highest BCUT2D eigenvalue weighted by atomic mass is 16.5. The van der Waals surface area contributed by atoms with Crippen LogP contribution in [0.5, 0.6) is 5.88 Å². The topological polar surface area (TPSA) is 89.4 Å². The first-order valence-corrected chi connectivity index (χ1v) is 9.85. The highest BCUT2D eigenvalue weighted by Crippen LogP contribution is 2.27. The van der Waals surface area contributed by atoms with Gasteiger partial charge in [-0.2, -0.15) is 0 Å². The van der Waals surface area contributed by atoms with Gasteiger partial charge in [-0.05, 0) is 43.5 Å². The summed E-state index contributed by atoms with van der Waals surface area (Å²) >= 11 is 0. The average Bonchev–Trinajstić information content (AvgIpc) is 3.02. The van der Waals surface area contributed by atoms with Gasteiger partial charge in [-0.25, -0.2) is 9.67 Å². The zero-order valence-corrected chi connectivity index (χ0v) is 18.0. The quantitative estimate of drug-likeness (QED) is 0.648. The molecule has 30 heavy (non-hydrogen) atoms. The molecule has 1 N–H and O–H groups in total. The Labute approximate surface area is 175 Å². The van der Waals surface area contributed by atoms with Crippen LogP contribution < -0.4 is 10.1 Å². The fourth-order valence-corrected chi connectivity index (χ4v) is 3.33. The molecule has 0 aliphatic rings. The van der Waals surface area contributed by atoms with Gasteiger partial charge in [-0.1, -0.05) is 25.1 Å². The molecule has 0 aliphatic heterocycles. The molecule has 2 heterocycles. The number of pyridine rings is 1. The number of carbonyl (C=O) groups excluding carboxylic acids is 2. The molecule has 0 saturated carbocycles. The molecule has 2 aromatic heterocycles. The highest BCUT2D eigenvalue weighted by Gasteiger charge is 2.18. The number of fused-ring (bicyclic) bond motifs is 1. The van der Waals surface area contributed by atoms with Crippen LogP contribution in [0.25, 0.3) is 11.0 Å². The normalized spacial score (nSPS) is 10.8. The lowest BCUT2D eigenvalue weighted by Crippen LogP contribution is -2.37. The third kappa shape index (κ3) is 4.59. The molecule has 0 atom stereocenters. The second-order valence-corrected chi connectivity index (χ2v) is 7.31. The maximum Gasteiger partial charge on any atom is 0.260 e. The zero-order valence-electron chi connectivity index (χ0n) is 18.0. The molecule has 0 spiro atoms. The average molecular weight is 409 g/mol. The molecule has 8 nitrogen and oxygen atoms in total. The Bertz CT molecular complexity index is 1090. The van der Waals surface area contributed by atoms with E-state index in [4.69, 9.17) is 4.74 Å². The number of para-hydroxylation sites is 1. The molecule has 3 rings (SSSR count). The van der Waals surface area contributed by atoms with Gasteiger partial charge >= 0.3 is 0 Å². The number of nitrogens with one attached hydrogen (secondary N) is 1. The van der Waals surface area contributed by atoms with Crippen LogP contribution in [0.15, 0.2) is 30.3 Å². The van der Waals surface area contributed by atoms with Gasteiger partial charge in [0.05, 0.1) is 11.9 Å². The van der Waals surface area contributed by atoms with E-state index >= 15 is 0 Å². The summed E-state index contributed by atoms with van der Waals surface area (Å²) in [6.07, 6.45) is 0.810. The number of aromatic nitrogens is 3. The van der Waals surface area contributed by atoms with E-state index in [0.29, 0.717) is 11.5 Å². The van der Waals surface area contributed by atoms with Crippen LogP contribution in [0.3, 0.4) is 0 Å². The number of ether oxygens (including phenoxy) is 1. The van der Waals surface area contributed by atoms with Gasteiger partial charge in [0.1, 0.15) is 0 Å². The van der Waals surface area contributed by atoms with Crippen LogP contribution >= 0.6 is 0 Å². The van der Waals surface area contributed by atoms with Gasteiger partial charge in [0.2, 0.25) is 11.8 Å². The van der Waals surface area contributed by atoms with Crippen molar-refractivity contribution in [1.29, 1.82) is 0 Å². The molecular formula is C22H27N5O3. The lowest BCUT2D eigenvalue weighted by molar-refractivity contribution is -0.135. The van der Waals surface area contributed by atoms with Crippen molar-refractivity contribution in [2.75, 3.05) is 25.5 Å². The zero-order chi connectivity index (χ0) is 21.8. The number of amides is 2. The van der Waals surface area contributed by atoms with Crippen molar-refractivity contribution in [1.82, 2.24) is 19.7 Å². The smallest absolute Gasteiger partial charge is 0.260 e. The SMILES string of the molecule is CCc1ccccc1NC(=O)CN(C)C(=O)COc1nn(C)c2nc(C)cc(C)c12. The van der Waals surface area contributed by atoms with E-state index in [2.05, 4.69) is 15.4 Å². The van der Waals surface area contributed by atoms with Crippen LogP contribution in [-0.2, 0) is 23.1 Å². The first-order valence-electron chi connectivity index (χ1n) is 9.85.